The lowest BCUT2D eigenvalue weighted by Crippen LogP contribution is -2.50. The summed E-state index contributed by atoms with van der Waals surface area (Å²) < 4.78 is 19.9. The predicted octanol–water partition coefficient (Wildman–Crippen LogP) is 3.47. The molecule has 0 spiro atoms. The zero-order valence-electron chi connectivity index (χ0n) is 12.4. The van der Waals surface area contributed by atoms with Crippen molar-refractivity contribution in [3.05, 3.63) is 29.6 Å². The maximum absolute atomic E-state index is 14.0. The van der Waals surface area contributed by atoms with Gasteiger partial charge in [-0.2, -0.15) is 5.26 Å². The topological polar surface area (TPSA) is 45.0 Å². The van der Waals surface area contributed by atoms with Crippen LogP contribution < -0.4 is 10.1 Å². The lowest BCUT2D eigenvalue weighted by molar-refractivity contribution is 0.107. The summed E-state index contributed by atoms with van der Waals surface area (Å²) in [6.07, 6.45) is 5.52. The molecule has 2 aliphatic rings. The molecule has 2 atom stereocenters. The Labute approximate surface area is 125 Å². The highest BCUT2D eigenvalue weighted by molar-refractivity contribution is 5.30. The van der Waals surface area contributed by atoms with Crippen molar-refractivity contribution in [2.45, 2.75) is 63.1 Å². The Hall–Kier alpha value is -1.60. The third-order valence-corrected chi connectivity index (χ3v) is 4.43. The first-order valence-corrected chi connectivity index (χ1v) is 7.73. The molecule has 3 nitrogen and oxygen atoms in total. The number of hydrogen-bond donors (Lipinski definition) is 1. The van der Waals surface area contributed by atoms with Gasteiger partial charge in [-0.15, -0.1) is 0 Å². The molecule has 1 aromatic carbocycles. The third-order valence-electron chi connectivity index (χ3n) is 4.43. The number of halogens is 1. The summed E-state index contributed by atoms with van der Waals surface area (Å²) in [6, 6.07) is 8.13. The molecular formula is C17H21FN2O. The molecule has 2 fully saturated rings. The van der Waals surface area contributed by atoms with E-state index in [9.17, 15) is 9.65 Å². The van der Waals surface area contributed by atoms with Crippen molar-refractivity contribution in [3.8, 4) is 11.8 Å². The lowest BCUT2D eigenvalue weighted by atomic mass is 9.81. The fourth-order valence-electron chi connectivity index (χ4n) is 3.10. The second-order valence-electron chi connectivity index (χ2n) is 6.34. The lowest BCUT2D eigenvalue weighted by Gasteiger charge is -2.36. The van der Waals surface area contributed by atoms with Crippen LogP contribution in [0.1, 0.15) is 44.1 Å². The van der Waals surface area contributed by atoms with Crippen LogP contribution in [0.15, 0.2) is 18.2 Å². The van der Waals surface area contributed by atoms with E-state index >= 15 is 0 Å². The van der Waals surface area contributed by atoms with Crippen LogP contribution in [0.4, 0.5) is 4.39 Å². The first-order chi connectivity index (χ1) is 10.1. The average molecular weight is 288 g/mol. The predicted molar refractivity (Wildman–Crippen MR) is 78.5 cm³/mol. The molecule has 0 radical (unpaired) electrons. The van der Waals surface area contributed by atoms with E-state index in [1.165, 1.54) is 0 Å². The third kappa shape index (κ3) is 3.19. The molecule has 3 rings (SSSR count). The Morgan fingerprint density at radius 3 is 2.90 bits per heavy atom. The number of nitrogens with one attached hydrogen (secondary N) is 1. The van der Waals surface area contributed by atoms with Gasteiger partial charge in [0.15, 0.2) is 11.6 Å². The largest absolute Gasteiger partial charge is 0.487 e. The van der Waals surface area contributed by atoms with Gasteiger partial charge in [0.1, 0.15) is 11.6 Å². The van der Waals surface area contributed by atoms with Gasteiger partial charge < -0.3 is 4.74 Å². The zero-order valence-corrected chi connectivity index (χ0v) is 12.4. The highest BCUT2D eigenvalue weighted by Crippen LogP contribution is 2.34. The van der Waals surface area contributed by atoms with Crippen LogP contribution in [0.25, 0.3) is 0 Å². The van der Waals surface area contributed by atoms with Gasteiger partial charge in [-0.3, -0.25) is 5.32 Å². The number of hydrogen-bond acceptors (Lipinski definition) is 3. The van der Waals surface area contributed by atoms with E-state index in [1.54, 1.807) is 25.1 Å². The molecule has 1 aromatic rings. The number of benzene rings is 1. The SMILES string of the molecule is Cc1cccc(OC2CCCC(C#N)(NC3CC3)C2)c1F. The molecule has 0 aliphatic heterocycles. The van der Waals surface area contributed by atoms with Crippen molar-refractivity contribution < 1.29 is 9.13 Å². The Morgan fingerprint density at radius 2 is 2.19 bits per heavy atom. The van der Waals surface area contributed by atoms with E-state index in [4.69, 9.17) is 4.74 Å². The van der Waals surface area contributed by atoms with Crippen molar-refractivity contribution in [2.75, 3.05) is 0 Å². The van der Waals surface area contributed by atoms with Crippen LogP contribution in [0.3, 0.4) is 0 Å². The monoisotopic (exact) mass is 288 g/mol. The molecule has 2 unspecified atom stereocenters. The minimum absolute atomic E-state index is 0.0963. The molecule has 2 saturated carbocycles. The molecule has 2 aliphatic carbocycles. The molecule has 0 amide bonds. The van der Waals surface area contributed by atoms with Gasteiger partial charge in [0.25, 0.3) is 0 Å². The molecule has 0 bridgehead atoms. The summed E-state index contributed by atoms with van der Waals surface area (Å²) in [4.78, 5) is 0. The normalized spacial score (nSPS) is 28.9. The van der Waals surface area contributed by atoms with Gasteiger partial charge in [0, 0.05) is 12.5 Å². The maximum atomic E-state index is 14.0. The van der Waals surface area contributed by atoms with Crippen molar-refractivity contribution in [2.24, 2.45) is 0 Å². The second kappa shape index (κ2) is 5.65. The first-order valence-electron chi connectivity index (χ1n) is 7.73. The molecule has 112 valence electrons. The highest BCUT2D eigenvalue weighted by Gasteiger charge is 2.41. The summed E-state index contributed by atoms with van der Waals surface area (Å²) in [6.45, 7) is 1.73. The number of nitrogens with zero attached hydrogens (tertiary/aromatic N) is 1. The molecule has 0 heterocycles. The van der Waals surface area contributed by atoms with Crippen LogP contribution in [0.2, 0.25) is 0 Å². The summed E-state index contributed by atoms with van der Waals surface area (Å²) in [5.41, 5.74) is 0.0932. The smallest absolute Gasteiger partial charge is 0.167 e. The number of nitriles is 1. The van der Waals surface area contributed by atoms with Gasteiger partial charge in [0.05, 0.1) is 6.07 Å². The molecule has 0 saturated heterocycles. The van der Waals surface area contributed by atoms with Crippen molar-refractivity contribution in [1.82, 2.24) is 5.32 Å². The minimum atomic E-state index is -0.496. The first kappa shape index (κ1) is 14.3. The fraction of sp³-hybridized carbons (Fsp3) is 0.588. The minimum Gasteiger partial charge on any atom is -0.487 e. The summed E-state index contributed by atoms with van der Waals surface area (Å²) in [7, 11) is 0. The van der Waals surface area contributed by atoms with Crippen molar-refractivity contribution in [1.29, 1.82) is 5.26 Å². The standard InChI is InChI=1S/C17H21FN2O/c1-12-4-2-6-15(16(12)18)21-14-5-3-9-17(10-14,11-19)20-13-7-8-13/h2,4,6,13-14,20H,3,5,7-10H2,1H3. The molecule has 0 aromatic heterocycles. The maximum Gasteiger partial charge on any atom is 0.167 e. The zero-order chi connectivity index (χ0) is 14.9. The summed E-state index contributed by atoms with van der Waals surface area (Å²) in [5, 5.41) is 13.0. The average Bonchev–Trinajstić information content (AvgIpc) is 3.28. The van der Waals surface area contributed by atoms with Gasteiger partial charge >= 0.3 is 0 Å². The molecular weight excluding hydrogens is 267 g/mol. The van der Waals surface area contributed by atoms with Crippen molar-refractivity contribution >= 4 is 0 Å². The summed E-state index contributed by atoms with van der Waals surface area (Å²) >= 11 is 0. The van der Waals surface area contributed by atoms with Crippen LogP contribution in [0, 0.1) is 24.1 Å². The Balaban J connectivity index is 1.71. The van der Waals surface area contributed by atoms with Crippen LogP contribution in [0.5, 0.6) is 5.75 Å². The molecule has 1 N–H and O–H groups in total. The van der Waals surface area contributed by atoms with Gasteiger partial charge in [0.2, 0.25) is 0 Å². The quantitative estimate of drug-likeness (QED) is 0.922. The Bertz CT molecular complexity index is 564. The Kier molecular flexibility index (Phi) is 3.86. The Morgan fingerprint density at radius 1 is 1.38 bits per heavy atom. The van der Waals surface area contributed by atoms with Crippen LogP contribution in [-0.4, -0.2) is 17.7 Å². The van der Waals surface area contributed by atoms with Crippen LogP contribution in [-0.2, 0) is 0 Å². The van der Waals surface area contributed by atoms with Gasteiger partial charge in [-0.05, 0) is 50.7 Å². The second-order valence-corrected chi connectivity index (χ2v) is 6.34. The molecule has 4 heteroatoms. The van der Waals surface area contributed by atoms with E-state index in [-0.39, 0.29) is 11.9 Å². The van der Waals surface area contributed by atoms with E-state index in [2.05, 4.69) is 11.4 Å². The van der Waals surface area contributed by atoms with E-state index in [0.717, 1.165) is 32.1 Å². The van der Waals surface area contributed by atoms with Crippen molar-refractivity contribution in [3.63, 3.8) is 0 Å². The number of ether oxygens (including phenoxy) is 1. The van der Waals surface area contributed by atoms with E-state index < -0.39 is 5.54 Å². The van der Waals surface area contributed by atoms with E-state index in [1.807, 2.05) is 0 Å². The van der Waals surface area contributed by atoms with Gasteiger partial charge in [-0.1, -0.05) is 12.1 Å². The number of rotatable bonds is 4. The highest BCUT2D eigenvalue weighted by atomic mass is 19.1. The number of aryl methyl sites for hydroxylation is 1. The summed E-state index contributed by atoms with van der Waals surface area (Å²) in [5.74, 6) is 0.0148. The fourth-order valence-corrected chi connectivity index (χ4v) is 3.10. The van der Waals surface area contributed by atoms with Gasteiger partial charge in [-0.25, -0.2) is 4.39 Å². The molecule has 21 heavy (non-hydrogen) atoms. The van der Waals surface area contributed by atoms with Crippen LogP contribution >= 0.6 is 0 Å². The van der Waals surface area contributed by atoms with E-state index in [0.29, 0.717) is 23.8 Å².